The second-order valence-corrected chi connectivity index (χ2v) is 3.94. The van der Waals surface area contributed by atoms with E-state index in [2.05, 4.69) is 15.4 Å². The summed E-state index contributed by atoms with van der Waals surface area (Å²) in [5.74, 6) is 5.38. The molecule has 0 aliphatic carbocycles. The number of aromatic nitrogens is 3. The Hall–Kier alpha value is -2.67. The van der Waals surface area contributed by atoms with Gasteiger partial charge in [-0.3, -0.25) is 4.57 Å². The van der Waals surface area contributed by atoms with Crippen molar-refractivity contribution in [2.75, 3.05) is 5.43 Å². The van der Waals surface area contributed by atoms with Crippen LogP contribution in [0.25, 0.3) is 11.2 Å². The fourth-order valence-corrected chi connectivity index (χ4v) is 1.85. The van der Waals surface area contributed by atoms with Gasteiger partial charge in [-0.05, 0) is 24.3 Å². The number of nitrogens with one attached hydrogen (secondary N) is 1. The summed E-state index contributed by atoms with van der Waals surface area (Å²) < 4.78 is 6.53. The van der Waals surface area contributed by atoms with E-state index in [0.717, 1.165) is 0 Å². The van der Waals surface area contributed by atoms with Crippen molar-refractivity contribution in [1.82, 2.24) is 14.5 Å². The monoisotopic (exact) mass is 257 g/mol. The average Bonchev–Trinajstić information content (AvgIpc) is 2.76. The van der Waals surface area contributed by atoms with Gasteiger partial charge in [-0.2, -0.15) is 0 Å². The summed E-state index contributed by atoms with van der Waals surface area (Å²) in [6, 6.07) is 8.75. The third-order valence-electron chi connectivity index (χ3n) is 2.70. The highest BCUT2D eigenvalue weighted by molar-refractivity contribution is 5.67. The average molecular weight is 257 g/mol. The van der Waals surface area contributed by atoms with Gasteiger partial charge in [-0.1, -0.05) is 6.07 Å². The second-order valence-electron chi connectivity index (χ2n) is 3.94. The predicted octanol–water partition coefficient (Wildman–Crippen LogP) is 0.718. The molecule has 0 atom stereocenters. The van der Waals surface area contributed by atoms with Gasteiger partial charge in [0, 0.05) is 6.20 Å². The molecule has 7 heteroatoms. The molecule has 0 radical (unpaired) electrons. The van der Waals surface area contributed by atoms with Gasteiger partial charge >= 0.3 is 5.76 Å². The number of hydrogen-bond donors (Lipinski definition) is 2. The Balaban J connectivity index is 2.05. The minimum absolute atomic E-state index is 0.276. The fourth-order valence-electron chi connectivity index (χ4n) is 1.85. The Bertz CT molecular complexity index is 777. The number of rotatable bonds is 3. The van der Waals surface area contributed by atoms with Crippen LogP contribution in [-0.2, 0) is 6.54 Å². The van der Waals surface area contributed by atoms with Crippen LogP contribution in [0.3, 0.4) is 0 Å². The van der Waals surface area contributed by atoms with Crippen LogP contribution in [0, 0.1) is 0 Å². The lowest BCUT2D eigenvalue weighted by Gasteiger charge is -2.03. The van der Waals surface area contributed by atoms with Crippen molar-refractivity contribution in [2.45, 2.75) is 6.54 Å². The third-order valence-corrected chi connectivity index (χ3v) is 2.70. The van der Waals surface area contributed by atoms with Crippen LogP contribution in [0.2, 0.25) is 0 Å². The van der Waals surface area contributed by atoms with Crippen LogP contribution in [-0.4, -0.2) is 14.5 Å². The molecule has 0 amide bonds. The molecule has 3 heterocycles. The first kappa shape index (κ1) is 11.4. The fraction of sp³-hybridized carbons (Fsp3) is 0.0833. The summed E-state index contributed by atoms with van der Waals surface area (Å²) in [6.07, 6.45) is 1.61. The standard InChI is InChI=1S/C12H11N5O2/c13-16-10-5-1-3-8(15-10)7-17-11-9(19-12(17)18)4-2-6-14-11/h1-6H,7,13H2,(H,15,16). The van der Waals surface area contributed by atoms with E-state index in [9.17, 15) is 4.79 Å². The Morgan fingerprint density at radius 2 is 2.21 bits per heavy atom. The van der Waals surface area contributed by atoms with E-state index in [0.29, 0.717) is 22.7 Å². The lowest BCUT2D eigenvalue weighted by atomic mass is 10.3. The number of nitrogen functional groups attached to an aromatic ring is 1. The zero-order chi connectivity index (χ0) is 13.2. The van der Waals surface area contributed by atoms with Gasteiger partial charge in [0.15, 0.2) is 11.2 Å². The maximum atomic E-state index is 11.8. The molecule has 0 spiro atoms. The number of pyridine rings is 2. The van der Waals surface area contributed by atoms with Crippen LogP contribution in [0.1, 0.15) is 5.69 Å². The lowest BCUT2D eigenvalue weighted by Crippen LogP contribution is -2.17. The van der Waals surface area contributed by atoms with Crippen molar-refractivity contribution in [1.29, 1.82) is 0 Å². The lowest BCUT2D eigenvalue weighted by molar-refractivity contribution is 0.516. The molecule has 3 N–H and O–H groups in total. The number of hydrogen-bond acceptors (Lipinski definition) is 6. The summed E-state index contributed by atoms with van der Waals surface area (Å²) >= 11 is 0. The van der Waals surface area contributed by atoms with E-state index in [1.165, 1.54) is 4.57 Å². The molecular weight excluding hydrogens is 246 g/mol. The second kappa shape index (κ2) is 4.54. The van der Waals surface area contributed by atoms with E-state index in [1.807, 2.05) is 0 Å². The summed E-state index contributed by atoms with van der Waals surface area (Å²) in [6.45, 7) is 0.276. The van der Waals surface area contributed by atoms with Gasteiger partial charge in [-0.15, -0.1) is 0 Å². The van der Waals surface area contributed by atoms with Gasteiger partial charge < -0.3 is 9.84 Å². The Morgan fingerprint density at radius 1 is 1.32 bits per heavy atom. The number of oxazole rings is 1. The zero-order valence-electron chi connectivity index (χ0n) is 9.91. The van der Waals surface area contributed by atoms with Crippen molar-refractivity contribution < 1.29 is 4.42 Å². The molecule has 7 nitrogen and oxygen atoms in total. The summed E-state index contributed by atoms with van der Waals surface area (Å²) in [5.41, 5.74) is 4.11. The third kappa shape index (κ3) is 2.06. The topological polar surface area (TPSA) is 99.0 Å². The maximum absolute atomic E-state index is 11.8. The van der Waals surface area contributed by atoms with Crippen LogP contribution >= 0.6 is 0 Å². The first-order chi connectivity index (χ1) is 9.28. The molecule has 0 unspecified atom stereocenters. The van der Waals surface area contributed by atoms with E-state index in [4.69, 9.17) is 10.3 Å². The molecule has 3 aromatic rings. The minimum atomic E-state index is -0.457. The minimum Gasteiger partial charge on any atom is -0.406 e. The molecule has 3 aromatic heterocycles. The van der Waals surface area contributed by atoms with E-state index < -0.39 is 5.76 Å². The number of nitrogens with two attached hydrogens (primary N) is 1. The number of hydrazine groups is 1. The van der Waals surface area contributed by atoms with Crippen molar-refractivity contribution in [3.63, 3.8) is 0 Å². The smallest absolute Gasteiger partial charge is 0.406 e. The van der Waals surface area contributed by atoms with Crippen LogP contribution in [0.5, 0.6) is 0 Å². The Kier molecular flexibility index (Phi) is 2.73. The number of anilines is 1. The molecule has 0 fully saturated rings. The molecule has 96 valence electrons. The molecule has 3 rings (SSSR count). The molecule has 0 saturated heterocycles. The summed E-state index contributed by atoms with van der Waals surface area (Å²) in [5, 5.41) is 0. The Morgan fingerprint density at radius 3 is 3.05 bits per heavy atom. The number of nitrogens with zero attached hydrogens (tertiary/aromatic N) is 3. The largest absolute Gasteiger partial charge is 0.421 e. The van der Waals surface area contributed by atoms with Crippen LogP contribution < -0.4 is 17.0 Å². The molecular formula is C12H11N5O2. The van der Waals surface area contributed by atoms with Crippen molar-refractivity contribution in [2.24, 2.45) is 5.84 Å². The highest BCUT2D eigenvalue weighted by atomic mass is 16.4. The molecule has 0 saturated carbocycles. The predicted molar refractivity (Wildman–Crippen MR) is 69.4 cm³/mol. The van der Waals surface area contributed by atoms with Crippen LogP contribution in [0.15, 0.2) is 45.7 Å². The van der Waals surface area contributed by atoms with Crippen molar-refractivity contribution in [3.8, 4) is 0 Å². The highest BCUT2D eigenvalue weighted by Gasteiger charge is 2.10. The van der Waals surface area contributed by atoms with E-state index >= 15 is 0 Å². The van der Waals surface area contributed by atoms with Crippen LogP contribution in [0.4, 0.5) is 5.82 Å². The van der Waals surface area contributed by atoms with Gasteiger partial charge in [0.2, 0.25) is 0 Å². The summed E-state index contributed by atoms with van der Waals surface area (Å²) in [4.78, 5) is 20.2. The van der Waals surface area contributed by atoms with Crippen molar-refractivity contribution in [3.05, 3.63) is 52.8 Å². The molecule has 0 aliphatic heterocycles. The molecule has 19 heavy (non-hydrogen) atoms. The maximum Gasteiger partial charge on any atom is 0.421 e. The van der Waals surface area contributed by atoms with Crippen molar-refractivity contribution >= 4 is 17.0 Å². The summed E-state index contributed by atoms with van der Waals surface area (Å²) in [7, 11) is 0. The zero-order valence-corrected chi connectivity index (χ0v) is 9.91. The quantitative estimate of drug-likeness (QED) is 0.530. The normalized spacial score (nSPS) is 10.8. The molecule has 0 aliphatic rings. The first-order valence-electron chi connectivity index (χ1n) is 5.65. The van der Waals surface area contributed by atoms with Gasteiger partial charge in [0.25, 0.3) is 0 Å². The highest BCUT2D eigenvalue weighted by Crippen LogP contribution is 2.11. The Labute approximate surface area is 107 Å². The first-order valence-corrected chi connectivity index (χ1v) is 5.65. The molecule has 0 bridgehead atoms. The van der Waals surface area contributed by atoms with Gasteiger partial charge in [0.05, 0.1) is 12.2 Å². The SMILES string of the molecule is NNc1cccc(Cn2c(=O)oc3cccnc32)n1. The van der Waals surface area contributed by atoms with E-state index in [1.54, 1.807) is 36.5 Å². The molecule has 0 aromatic carbocycles. The number of fused-ring (bicyclic) bond motifs is 1. The van der Waals surface area contributed by atoms with Gasteiger partial charge in [0.1, 0.15) is 5.82 Å². The van der Waals surface area contributed by atoms with Gasteiger partial charge in [-0.25, -0.2) is 20.6 Å². The van der Waals surface area contributed by atoms with E-state index in [-0.39, 0.29) is 6.54 Å².